The van der Waals surface area contributed by atoms with Gasteiger partial charge in [0, 0.05) is 18.4 Å². The third kappa shape index (κ3) is 8.20. The Balaban J connectivity index is 1.78. The fourth-order valence-corrected chi connectivity index (χ4v) is 5.26. The summed E-state index contributed by atoms with van der Waals surface area (Å²) in [5.74, 6) is -1.71. The van der Waals surface area contributed by atoms with Gasteiger partial charge in [0.1, 0.15) is 23.6 Å². The lowest BCUT2D eigenvalue weighted by molar-refractivity contribution is -0.143. The van der Waals surface area contributed by atoms with Crippen molar-refractivity contribution in [3.8, 4) is 11.5 Å². The van der Waals surface area contributed by atoms with Crippen LogP contribution in [-0.4, -0.2) is 65.3 Å². The largest absolute Gasteiger partial charge is 0.508 e. The van der Waals surface area contributed by atoms with Crippen LogP contribution in [0.25, 0.3) is 0 Å². The van der Waals surface area contributed by atoms with Crippen molar-refractivity contribution in [3.05, 3.63) is 59.7 Å². The first-order valence-electron chi connectivity index (χ1n) is 13.6. The van der Waals surface area contributed by atoms with Crippen LogP contribution in [-0.2, 0) is 21.4 Å². The lowest BCUT2D eigenvalue weighted by Crippen LogP contribution is -2.54. The molecular formula is C30H41N3O6. The summed E-state index contributed by atoms with van der Waals surface area (Å²) in [6, 6.07) is 11.6. The Labute approximate surface area is 230 Å². The Morgan fingerprint density at radius 1 is 1.08 bits per heavy atom. The summed E-state index contributed by atoms with van der Waals surface area (Å²) >= 11 is 0. The standard InChI is InChI=1S/C30H41N3O6/c1-5-30(15-6-7-16-33(4)19-30)22-9-8-10-24(18-22)39-29(38)31-25(17-21-11-13-23(34)14-12-21)27(35)32-26(20(2)3)28(36)37/h8-14,18,20,25-26,34H,5-7,15-17,19H2,1-4H3,(H,31,38)(H,32,35)(H,36,37)/t25-,26-,30?/m1/s1. The molecule has 0 aromatic heterocycles. The van der Waals surface area contributed by atoms with Crippen molar-refractivity contribution in [3.63, 3.8) is 0 Å². The van der Waals surface area contributed by atoms with Crippen molar-refractivity contribution in [2.75, 3.05) is 20.1 Å². The number of hydrogen-bond acceptors (Lipinski definition) is 6. The van der Waals surface area contributed by atoms with E-state index >= 15 is 0 Å². The molecule has 0 bridgehead atoms. The molecule has 1 aliphatic heterocycles. The number of nitrogens with one attached hydrogen (secondary N) is 2. The average Bonchev–Trinajstić information content (AvgIpc) is 3.09. The van der Waals surface area contributed by atoms with Gasteiger partial charge in [0.05, 0.1) is 0 Å². The lowest BCUT2D eigenvalue weighted by atomic mass is 9.74. The minimum atomic E-state index is -1.16. The molecule has 39 heavy (non-hydrogen) atoms. The van der Waals surface area contributed by atoms with E-state index in [1.165, 1.54) is 12.1 Å². The van der Waals surface area contributed by atoms with Crippen molar-refractivity contribution >= 4 is 18.0 Å². The predicted octanol–water partition coefficient (Wildman–Crippen LogP) is 4.08. The number of ether oxygens (including phenoxy) is 1. The topological polar surface area (TPSA) is 128 Å². The fraction of sp³-hybridized carbons (Fsp3) is 0.500. The van der Waals surface area contributed by atoms with E-state index in [-0.39, 0.29) is 23.5 Å². The fourth-order valence-electron chi connectivity index (χ4n) is 5.26. The van der Waals surface area contributed by atoms with E-state index < -0.39 is 30.1 Å². The molecule has 3 rings (SSSR count). The first-order chi connectivity index (χ1) is 18.5. The zero-order chi connectivity index (χ0) is 28.6. The predicted molar refractivity (Wildman–Crippen MR) is 149 cm³/mol. The second-order valence-electron chi connectivity index (χ2n) is 10.9. The molecule has 3 atom stereocenters. The molecule has 0 aliphatic carbocycles. The number of rotatable bonds is 10. The van der Waals surface area contributed by atoms with Crippen LogP contribution >= 0.6 is 0 Å². The van der Waals surface area contributed by atoms with Gasteiger partial charge in [0.25, 0.3) is 0 Å². The molecule has 1 aliphatic rings. The van der Waals surface area contributed by atoms with Crippen LogP contribution in [0.15, 0.2) is 48.5 Å². The first kappa shape index (κ1) is 30.0. The molecule has 2 amide bonds. The highest BCUT2D eigenvalue weighted by Crippen LogP contribution is 2.37. The molecule has 0 spiro atoms. The van der Waals surface area contributed by atoms with E-state index in [4.69, 9.17) is 4.74 Å². The molecule has 212 valence electrons. The number of benzene rings is 2. The van der Waals surface area contributed by atoms with Crippen molar-refractivity contribution in [1.29, 1.82) is 0 Å². The van der Waals surface area contributed by atoms with Gasteiger partial charge in [-0.05, 0) is 74.2 Å². The van der Waals surface area contributed by atoms with Gasteiger partial charge in [-0.2, -0.15) is 0 Å². The van der Waals surface area contributed by atoms with Crippen LogP contribution in [0.4, 0.5) is 4.79 Å². The average molecular weight is 540 g/mol. The minimum Gasteiger partial charge on any atom is -0.508 e. The van der Waals surface area contributed by atoms with E-state index in [1.54, 1.807) is 32.0 Å². The number of likely N-dealkylation sites (tertiary alicyclic amines) is 1. The van der Waals surface area contributed by atoms with Gasteiger partial charge in [-0.3, -0.25) is 4.79 Å². The number of amides is 2. The number of carboxylic acids is 1. The lowest BCUT2D eigenvalue weighted by Gasteiger charge is -2.35. The maximum atomic E-state index is 13.1. The van der Waals surface area contributed by atoms with Crippen LogP contribution in [0.2, 0.25) is 0 Å². The molecule has 0 saturated carbocycles. The van der Waals surface area contributed by atoms with Gasteiger partial charge in [-0.1, -0.05) is 51.5 Å². The van der Waals surface area contributed by atoms with E-state index in [9.17, 15) is 24.6 Å². The number of likely N-dealkylation sites (N-methyl/N-ethyl adjacent to an activating group) is 1. The quantitative estimate of drug-likeness (QED) is 0.358. The van der Waals surface area contributed by atoms with Crippen LogP contribution in [0, 0.1) is 5.92 Å². The molecule has 9 heteroatoms. The number of phenolic OH excluding ortho intramolecular Hbond substituents is 1. The number of nitrogens with zero attached hydrogens (tertiary/aromatic N) is 1. The van der Waals surface area contributed by atoms with Gasteiger partial charge < -0.3 is 30.5 Å². The van der Waals surface area contributed by atoms with Crippen molar-refractivity contribution in [1.82, 2.24) is 15.5 Å². The van der Waals surface area contributed by atoms with Gasteiger partial charge in [0.15, 0.2) is 0 Å². The van der Waals surface area contributed by atoms with Crippen molar-refractivity contribution in [2.24, 2.45) is 5.92 Å². The number of carboxylic acid groups (broad SMARTS) is 1. The van der Waals surface area contributed by atoms with E-state index in [2.05, 4.69) is 35.6 Å². The van der Waals surface area contributed by atoms with Crippen molar-refractivity contribution < 1.29 is 29.3 Å². The van der Waals surface area contributed by atoms with E-state index in [0.717, 1.165) is 44.3 Å². The zero-order valence-electron chi connectivity index (χ0n) is 23.3. The second-order valence-corrected chi connectivity index (χ2v) is 10.9. The SMILES string of the molecule is CCC1(c2cccc(OC(=O)N[C@H](Cc3ccc(O)cc3)C(=O)N[C@@H](C(=O)O)C(C)C)c2)CCCCN(C)C1. The van der Waals surface area contributed by atoms with Gasteiger partial charge >= 0.3 is 12.1 Å². The third-order valence-corrected chi connectivity index (χ3v) is 7.57. The number of aliphatic carboxylic acids is 1. The summed E-state index contributed by atoms with van der Waals surface area (Å²) in [6.45, 7) is 7.56. The number of carbonyl (C=O) groups excluding carboxylic acids is 2. The number of hydrogen-bond donors (Lipinski definition) is 4. The maximum absolute atomic E-state index is 13.1. The Bertz CT molecular complexity index is 1140. The second kappa shape index (κ2) is 13.5. The molecule has 4 N–H and O–H groups in total. The smallest absolute Gasteiger partial charge is 0.413 e. The Morgan fingerprint density at radius 2 is 1.79 bits per heavy atom. The van der Waals surface area contributed by atoms with Crippen LogP contribution in [0.1, 0.15) is 57.6 Å². The number of carbonyl (C=O) groups is 3. The normalized spacial score (nSPS) is 19.5. The molecule has 9 nitrogen and oxygen atoms in total. The number of aromatic hydroxyl groups is 1. The molecule has 1 heterocycles. The zero-order valence-corrected chi connectivity index (χ0v) is 23.3. The van der Waals surface area contributed by atoms with Gasteiger partial charge in [0.2, 0.25) is 5.91 Å². The number of phenols is 1. The van der Waals surface area contributed by atoms with E-state index in [1.807, 2.05) is 12.1 Å². The first-order valence-corrected chi connectivity index (χ1v) is 13.6. The Morgan fingerprint density at radius 3 is 2.44 bits per heavy atom. The van der Waals surface area contributed by atoms with Crippen LogP contribution < -0.4 is 15.4 Å². The molecule has 1 fully saturated rings. The van der Waals surface area contributed by atoms with Gasteiger partial charge in [-0.15, -0.1) is 0 Å². The Hall–Kier alpha value is -3.59. The third-order valence-electron chi connectivity index (χ3n) is 7.57. The summed E-state index contributed by atoms with van der Waals surface area (Å²) in [7, 11) is 2.14. The summed E-state index contributed by atoms with van der Waals surface area (Å²) in [6.07, 6.45) is 3.57. The Kier molecular flexibility index (Phi) is 10.3. The summed E-state index contributed by atoms with van der Waals surface area (Å²) < 4.78 is 5.63. The maximum Gasteiger partial charge on any atom is 0.413 e. The molecule has 2 aromatic rings. The highest BCUT2D eigenvalue weighted by molar-refractivity contribution is 5.89. The summed E-state index contributed by atoms with van der Waals surface area (Å²) in [4.78, 5) is 40.1. The molecular weight excluding hydrogens is 498 g/mol. The van der Waals surface area contributed by atoms with Crippen LogP contribution in [0.3, 0.4) is 0 Å². The van der Waals surface area contributed by atoms with Crippen LogP contribution in [0.5, 0.6) is 11.5 Å². The molecule has 2 aromatic carbocycles. The van der Waals surface area contributed by atoms with Gasteiger partial charge in [-0.25, -0.2) is 9.59 Å². The molecule has 1 unspecified atom stereocenters. The molecule has 0 radical (unpaired) electrons. The monoisotopic (exact) mass is 539 g/mol. The van der Waals surface area contributed by atoms with E-state index in [0.29, 0.717) is 11.3 Å². The van der Waals surface area contributed by atoms with Crippen molar-refractivity contribution in [2.45, 2.75) is 70.4 Å². The summed E-state index contributed by atoms with van der Waals surface area (Å²) in [5, 5.41) is 24.3. The highest BCUT2D eigenvalue weighted by atomic mass is 16.6. The molecule has 1 saturated heterocycles. The summed E-state index contributed by atoms with van der Waals surface area (Å²) in [5.41, 5.74) is 1.75. The minimum absolute atomic E-state index is 0.0366. The highest BCUT2D eigenvalue weighted by Gasteiger charge is 2.34.